The molecule has 0 aliphatic heterocycles. The van der Waals surface area contributed by atoms with Crippen LogP contribution in [0.4, 0.5) is 0 Å². The smallest absolute Gasteiger partial charge is 0.220 e. The monoisotopic (exact) mass is 287 g/mol. The highest BCUT2D eigenvalue weighted by molar-refractivity contribution is 5.76. The maximum atomic E-state index is 11.9. The van der Waals surface area contributed by atoms with Gasteiger partial charge >= 0.3 is 0 Å². The number of nitrogens with zero attached hydrogens (tertiary/aromatic N) is 4. The lowest BCUT2D eigenvalue weighted by molar-refractivity contribution is -0.121. The summed E-state index contributed by atoms with van der Waals surface area (Å²) in [5, 5.41) is 7.22. The van der Waals surface area contributed by atoms with E-state index in [2.05, 4.69) is 20.4 Å². The molecule has 0 atom stereocenters. The number of hydrogen-bond donors (Lipinski definition) is 1. The van der Waals surface area contributed by atoms with Gasteiger partial charge in [-0.2, -0.15) is 5.10 Å². The molecule has 2 heterocycles. The summed E-state index contributed by atoms with van der Waals surface area (Å²) in [4.78, 5) is 20.3. The van der Waals surface area contributed by atoms with Crippen LogP contribution in [0, 0.1) is 20.8 Å². The molecule has 2 rings (SSSR count). The minimum Gasteiger partial charge on any atom is -0.350 e. The van der Waals surface area contributed by atoms with E-state index in [1.54, 1.807) is 12.4 Å². The van der Waals surface area contributed by atoms with Crippen LogP contribution < -0.4 is 5.32 Å². The van der Waals surface area contributed by atoms with Gasteiger partial charge in [-0.25, -0.2) is 0 Å². The van der Waals surface area contributed by atoms with E-state index < -0.39 is 0 Å². The number of hydrogen-bond acceptors (Lipinski definition) is 4. The molecule has 0 saturated carbocycles. The number of amides is 1. The fourth-order valence-electron chi connectivity index (χ4n) is 2.21. The third-order valence-electron chi connectivity index (χ3n) is 3.56. The molecule has 0 fully saturated rings. The molecule has 1 N–H and O–H groups in total. The van der Waals surface area contributed by atoms with Gasteiger partial charge in [0.25, 0.3) is 0 Å². The SMILES string of the molecule is Cc1cnc(CNC(=O)CCc2c(C)nn(C)c2C)cn1. The van der Waals surface area contributed by atoms with E-state index in [9.17, 15) is 4.79 Å². The van der Waals surface area contributed by atoms with Gasteiger partial charge in [-0.1, -0.05) is 0 Å². The van der Waals surface area contributed by atoms with E-state index in [1.807, 2.05) is 32.5 Å². The van der Waals surface area contributed by atoms with Gasteiger partial charge in [-0.05, 0) is 32.8 Å². The molecule has 1 amide bonds. The van der Waals surface area contributed by atoms with E-state index in [0.29, 0.717) is 19.4 Å². The first-order valence-corrected chi connectivity index (χ1v) is 7.00. The van der Waals surface area contributed by atoms with Crippen molar-refractivity contribution in [2.45, 2.75) is 40.2 Å². The Morgan fingerprint density at radius 1 is 1.24 bits per heavy atom. The molecule has 6 nitrogen and oxygen atoms in total. The van der Waals surface area contributed by atoms with E-state index in [-0.39, 0.29) is 5.91 Å². The average Bonchev–Trinajstić information content (AvgIpc) is 2.69. The quantitative estimate of drug-likeness (QED) is 0.902. The summed E-state index contributed by atoms with van der Waals surface area (Å²) in [6, 6.07) is 0. The predicted molar refractivity (Wildman–Crippen MR) is 79.6 cm³/mol. The first kappa shape index (κ1) is 15.2. The molecule has 0 spiro atoms. The summed E-state index contributed by atoms with van der Waals surface area (Å²) in [7, 11) is 1.92. The summed E-state index contributed by atoms with van der Waals surface area (Å²) < 4.78 is 1.85. The highest BCUT2D eigenvalue weighted by atomic mass is 16.1. The van der Waals surface area contributed by atoms with Crippen LogP contribution in [0.5, 0.6) is 0 Å². The summed E-state index contributed by atoms with van der Waals surface area (Å²) >= 11 is 0. The van der Waals surface area contributed by atoms with Crippen molar-refractivity contribution in [1.82, 2.24) is 25.1 Å². The molecule has 0 aliphatic rings. The van der Waals surface area contributed by atoms with Gasteiger partial charge in [0, 0.05) is 25.4 Å². The molecular weight excluding hydrogens is 266 g/mol. The van der Waals surface area contributed by atoms with E-state index in [0.717, 1.165) is 28.3 Å². The van der Waals surface area contributed by atoms with Gasteiger partial charge in [0.1, 0.15) is 0 Å². The highest BCUT2D eigenvalue weighted by Crippen LogP contribution is 2.13. The number of rotatable bonds is 5. The van der Waals surface area contributed by atoms with Crippen molar-refractivity contribution in [3.05, 3.63) is 40.7 Å². The van der Waals surface area contributed by atoms with Crippen LogP contribution in [-0.2, 0) is 24.8 Å². The normalized spacial score (nSPS) is 10.7. The Balaban J connectivity index is 1.83. The minimum absolute atomic E-state index is 0.0139. The van der Waals surface area contributed by atoms with E-state index in [4.69, 9.17) is 0 Å². The van der Waals surface area contributed by atoms with Gasteiger partial charge < -0.3 is 5.32 Å². The van der Waals surface area contributed by atoms with Crippen molar-refractivity contribution >= 4 is 5.91 Å². The van der Waals surface area contributed by atoms with Crippen LogP contribution in [0.25, 0.3) is 0 Å². The third-order valence-corrected chi connectivity index (χ3v) is 3.56. The minimum atomic E-state index is 0.0139. The first-order chi connectivity index (χ1) is 9.97. The summed E-state index contributed by atoms with van der Waals surface area (Å²) in [5.74, 6) is 0.0139. The lowest BCUT2D eigenvalue weighted by Crippen LogP contribution is -2.23. The molecule has 6 heteroatoms. The number of carbonyl (C=O) groups excluding carboxylic acids is 1. The van der Waals surface area contributed by atoms with Crippen molar-refractivity contribution in [2.24, 2.45) is 7.05 Å². The number of aromatic nitrogens is 4. The summed E-state index contributed by atoms with van der Waals surface area (Å²) in [6.07, 6.45) is 4.54. The van der Waals surface area contributed by atoms with Gasteiger partial charge in [-0.15, -0.1) is 0 Å². The van der Waals surface area contributed by atoms with Crippen molar-refractivity contribution in [3.8, 4) is 0 Å². The van der Waals surface area contributed by atoms with Crippen LogP contribution in [-0.4, -0.2) is 25.7 Å². The maximum absolute atomic E-state index is 11.9. The molecular formula is C15H21N5O. The molecule has 0 saturated heterocycles. The fraction of sp³-hybridized carbons (Fsp3) is 0.467. The van der Waals surface area contributed by atoms with Crippen LogP contribution in [0.1, 0.15) is 34.8 Å². The first-order valence-electron chi connectivity index (χ1n) is 7.00. The van der Waals surface area contributed by atoms with Crippen molar-refractivity contribution in [3.63, 3.8) is 0 Å². The van der Waals surface area contributed by atoms with E-state index in [1.165, 1.54) is 0 Å². The molecule has 0 unspecified atom stereocenters. The Morgan fingerprint density at radius 3 is 2.57 bits per heavy atom. The standard InChI is InChI=1S/C15H21N5O/c1-10-7-17-13(8-16-10)9-18-15(21)6-5-14-11(2)19-20(4)12(14)3/h7-8H,5-6,9H2,1-4H3,(H,18,21). The lowest BCUT2D eigenvalue weighted by Gasteiger charge is -2.05. The van der Waals surface area contributed by atoms with Crippen LogP contribution >= 0.6 is 0 Å². The van der Waals surface area contributed by atoms with Gasteiger partial charge in [0.15, 0.2) is 0 Å². The van der Waals surface area contributed by atoms with E-state index >= 15 is 0 Å². The second kappa shape index (κ2) is 6.47. The molecule has 2 aromatic heterocycles. The van der Waals surface area contributed by atoms with Crippen molar-refractivity contribution in [1.29, 1.82) is 0 Å². The Morgan fingerprint density at radius 2 is 2.00 bits per heavy atom. The molecule has 2 aromatic rings. The van der Waals surface area contributed by atoms with Crippen LogP contribution in [0.2, 0.25) is 0 Å². The largest absolute Gasteiger partial charge is 0.350 e. The Hall–Kier alpha value is -2.24. The van der Waals surface area contributed by atoms with Crippen molar-refractivity contribution in [2.75, 3.05) is 0 Å². The molecule has 0 radical (unpaired) electrons. The van der Waals surface area contributed by atoms with Gasteiger partial charge in [0.2, 0.25) is 5.91 Å². The van der Waals surface area contributed by atoms with Crippen LogP contribution in [0.15, 0.2) is 12.4 Å². The number of aryl methyl sites for hydroxylation is 3. The predicted octanol–water partition coefficient (Wildman–Crippen LogP) is 1.38. The van der Waals surface area contributed by atoms with Crippen LogP contribution in [0.3, 0.4) is 0 Å². The molecule has 0 aromatic carbocycles. The second-order valence-electron chi connectivity index (χ2n) is 5.20. The third kappa shape index (κ3) is 3.87. The Labute approximate surface area is 124 Å². The number of carbonyl (C=O) groups is 1. The zero-order valence-electron chi connectivity index (χ0n) is 13.0. The highest BCUT2D eigenvalue weighted by Gasteiger charge is 2.11. The topological polar surface area (TPSA) is 72.7 Å². The molecule has 21 heavy (non-hydrogen) atoms. The molecule has 0 aliphatic carbocycles. The summed E-state index contributed by atoms with van der Waals surface area (Å²) in [6.45, 7) is 6.29. The molecule has 112 valence electrons. The van der Waals surface area contributed by atoms with Gasteiger partial charge in [0.05, 0.1) is 29.8 Å². The zero-order valence-corrected chi connectivity index (χ0v) is 13.0. The number of nitrogens with one attached hydrogen (secondary N) is 1. The second-order valence-corrected chi connectivity index (χ2v) is 5.20. The zero-order chi connectivity index (χ0) is 15.4. The average molecular weight is 287 g/mol. The Bertz CT molecular complexity index is 630. The molecule has 0 bridgehead atoms. The Kier molecular flexibility index (Phi) is 4.67. The fourth-order valence-corrected chi connectivity index (χ4v) is 2.21. The lowest BCUT2D eigenvalue weighted by atomic mass is 10.1. The van der Waals surface area contributed by atoms with Gasteiger partial charge in [-0.3, -0.25) is 19.4 Å². The van der Waals surface area contributed by atoms with Crippen molar-refractivity contribution < 1.29 is 4.79 Å². The maximum Gasteiger partial charge on any atom is 0.220 e. The summed E-state index contributed by atoms with van der Waals surface area (Å²) in [5.41, 5.74) is 4.90.